The van der Waals surface area contributed by atoms with Crippen LogP contribution in [-0.2, 0) is 6.54 Å². The fraction of sp³-hybridized carbons (Fsp3) is 0.267. The summed E-state index contributed by atoms with van der Waals surface area (Å²) < 4.78 is 1.53. The summed E-state index contributed by atoms with van der Waals surface area (Å²) >= 11 is 0. The van der Waals surface area contributed by atoms with Crippen molar-refractivity contribution in [3.8, 4) is 0 Å². The Hall–Kier alpha value is -2.43. The number of aromatic nitrogens is 2. The predicted octanol–water partition coefficient (Wildman–Crippen LogP) is 2.15. The van der Waals surface area contributed by atoms with Gasteiger partial charge in [-0.2, -0.15) is 4.98 Å². The molecule has 0 bridgehead atoms. The summed E-state index contributed by atoms with van der Waals surface area (Å²) in [5.41, 5.74) is 0.172. The van der Waals surface area contributed by atoms with Gasteiger partial charge in [0.15, 0.2) is 0 Å². The molecule has 0 radical (unpaired) electrons. The molecule has 5 nitrogen and oxygen atoms in total. The number of carbonyl (C=O) groups is 1. The van der Waals surface area contributed by atoms with Crippen molar-refractivity contribution in [2.75, 3.05) is 5.32 Å². The molecule has 0 atom stereocenters. The van der Waals surface area contributed by atoms with Crippen molar-refractivity contribution in [3.63, 3.8) is 0 Å². The highest BCUT2D eigenvalue weighted by Crippen LogP contribution is 2.05. The smallest absolute Gasteiger partial charge is 0.306 e. The third-order valence-electron chi connectivity index (χ3n) is 2.71. The number of anilines is 1. The average Bonchev–Trinajstić information content (AvgIpc) is 2.42. The summed E-state index contributed by atoms with van der Waals surface area (Å²) in [6, 6.07) is 10.4. The van der Waals surface area contributed by atoms with Crippen LogP contribution in [0.25, 0.3) is 0 Å². The number of benzene rings is 1. The molecule has 0 saturated heterocycles. The molecule has 1 aromatic carbocycles. The summed E-state index contributed by atoms with van der Waals surface area (Å²) in [5.74, 6) is 0.349. The molecule has 0 saturated carbocycles. The van der Waals surface area contributed by atoms with Crippen LogP contribution in [0.4, 0.5) is 5.82 Å². The Morgan fingerprint density at radius 1 is 1.25 bits per heavy atom. The predicted molar refractivity (Wildman–Crippen MR) is 77.7 cm³/mol. The fourth-order valence-electron chi connectivity index (χ4n) is 1.81. The van der Waals surface area contributed by atoms with E-state index in [2.05, 4.69) is 10.3 Å². The second kappa shape index (κ2) is 6.14. The molecule has 20 heavy (non-hydrogen) atoms. The molecule has 0 aliphatic carbocycles. The van der Waals surface area contributed by atoms with E-state index in [4.69, 9.17) is 0 Å². The van der Waals surface area contributed by atoms with Crippen LogP contribution < -0.4 is 11.0 Å². The zero-order valence-electron chi connectivity index (χ0n) is 11.5. The van der Waals surface area contributed by atoms with Crippen LogP contribution in [-0.4, -0.2) is 15.5 Å². The van der Waals surface area contributed by atoms with Gasteiger partial charge in [0.1, 0.15) is 5.82 Å². The maximum absolute atomic E-state index is 11.9. The first-order chi connectivity index (χ1) is 9.56. The highest BCUT2D eigenvalue weighted by molar-refractivity contribution is 6.03. The summed E-state index contributed by atoms with van der Waals surface area (Å²) in [7, 11) is 0. The van der Waals surface area contributed by atoms with Crippen LogP contribution in [0.5, 0.6) is 0 Å². The number of nitrogens with one attached hydrogen (secondary N) is 1. The lowest BCUT2D eigenvalue weighted by Gasteiger charge is -2.09. The molecule has 0 fully saturated rings. The number of hydrogen-bond donors (Lipinski definition) is 1. The van der Waals surface area contributed by atoms with Crippen molar-refractivity contribution >= 4 is 11.7 Å². The van der Waals surface area contributed by atoms with Crippen LogP contribution in [0.1, 0.15) is 24.2 Å². The third-order valence-corrected chi connectivity index (χ3v) is 2.71. The first-order valence-corrected chi connectivity index (χ1v) is 6.50. The number of rotatable bonds is 4. The standard InChI is InChI=1S/C15H17N3O2/c1-11(2)10-18-9-8-13(17-15(18)20)16-14(19)12-6-4-3-5-7-12/h3-9,11H,10H2,1-2H3,(H,16,17,19,20). The first kappa shape index (κ1) is 14.0. The van der Waals surface area contributed by atoms with Crippen LogP contribution in [0.2, 0.25) is 0 Å². The van der Waals surface area contributed by atoms with E-state index >= 15 is 0 Å². The molecule has 2 aromatic rings. The normalized spacial score (nSPS) is 10.6. The Balaban J connectivity index is 2.13. The molecule has 0 unspecified atom stereocenters. The van der Waals surface area contributed by atoms with Gasteiger partial charge in [0.05, 0.1) is 0 Å². The average molecular weight is 271 g/mol. The van der Waals surface area contributed by atoms with Gasteiger partial charge in [-0.15, -0.1) is 0 Å². The summed E-state index contributed by atoms with van der Waals surface area (Å²) in [4.78, 5) is 27.6. The van der Waals surface area contributed by atoms with E-state index in [0.29, 0.717) is 18.0 Å². The van der Waals surface area contributed by atoms with Gasteiger partial charge in [0, 0.05) is 18.3 Å². The quantitative estimate of drug-likeness (QED) is 0.926. The van der Waals surface area contributed by atoms with Crippen molar-refractivity contribution in [2.24, 2.45) is 5.92 Å². The lowest BCUT2D eigenvalue weighted by molar-refractivity contribution is 0.102. The lowest BCUT2D eigenvalue weighted by atomic mass is 10.2. The minimum atomic E-state index is -0.357. The third kappa shape index (κ3) is 3.54. The van der Waals surface area contributed by atoms with E-state index < -0.39 is 0 Å². The molecule has 0 aliphatic rings. The van der Waals surface area contributed by atoms with E-state index in [-0.39, 0.29) is 17.4 Å². The first-order valence-electron chi connectivity index (χ1n) is 6.50. The fourth-order valence-corrected chi connectivity index (χ4v) is 1.81. The molecule has 0 aliphatic heterocycles. The summed E-state index contributed by atoms with van der Waals surface area (Å²) in [6.07, 6.45) is 1.65. The van der Waals surface area contributed by atoms with Gasteiger partial charge in [-0.3, -0.25) is 9.36 Å². The number of hydrogen-bond acceptors (Lipinski definition) is 3. The van der Waals surface area contributed by atoms with Gasteiger partial charge in [-0.05, 0) is 24.1 Å². The minimum Gasteiger partial charge on any atom is -0.306 e. The minimum absolute atomic E-state index is 0.267. The monoisotopic (exact) mass is 271 g/mol. The van der Waals surface area contributed by atoms with Crippen molar-refractivity contribution in [1.82, 2.24) is 9.55 Å². The van der Waals surface area contributed by atoms with Gasteiger partial charge < -0.3 is 5.32 Å². The topological polar surface area (TPSA) is 64.0 Å². The number of carbonyl (C=O) groups excluding carboxylic acids is 1. The Kier molecular flexibility index (Phi) is 4.30. The Bertz CT molecular complexity index is 648. The van der Waals surface area contributed by atoms with Crippen LogP contribution in [0.15, 0.2) is 47.4 Å². The Labute approximate surface area is 117 Å². The van der Waals surface area contributed by atoms with E-state index in [1.165, 1.54) is 4.57 Å². The zero-order chi connectivity index (χ0) is 14.5. The van der Waals surface area contributed by atoms with E-state index in [0.717, 1.165) is 0 Å². The molecule has 1 amide bonds. The van der Waals surface area contributed by atoms with Crippen molar-refractivity contribution in [2.45, 2.75) is 20.4 Å². The molecule has 2 rings (SSSR count). The van der Waals surface area contributed by atoms with Gasteiger partial charge in [0.2, 0.25) is 0 Å². The lowest BCUT2D eigenvalue weighted by Crippen LogP contribution is -2.26. The van der Waals surface area contributed by atoms with E-state index in [1.807, 2.05) is 19.9 Å². The second-order valence-corrected chi connectivity index (χ2v) is 4.96. The molecule has 0 spiro atoms. The SMILES string of the molecule is CC(C)Cn1ccc(NC(=O)c2ccccc2)nc1=O. The molecule has 104 valence electrons. The highest BCUT2D eigenvalue weighted by atomic mass is 16.2. The molecular formula is C15H17N3O2. The molecule has 1 heterocycles. The van der Waals surface area contributed by atoms with Gasteiger partial charge in [0.25, 0.3) is 5.91 Å². The molecule has 5 heteroatoms. The van der Waals surface area contributed by atoms with Crippen LogP contribution in [0.3, 0.4) is 0 Å². The molecular weight excluding hydrogens is 254 g/mol. The van der Waals surface area contributed by atoms with E-state index in [1.54, 1.807) is 36.5 Å². The molecule has 1 aromatic heterocycles. The maximum atomic E-state index is 11.9. The highest BCUT2D eigenvalue weighted by Gasteiger charge is 2.07. The van der Waals surface area contributed by atoms with Crippen molar-refractivity contribution < 1.29 is 4.79 Å². The number of amides is 1. The Morgan fingerprint density at radius 2 is 1.95 bits per heavy atom. The van der Waals surface area contributed by atoms with Crippen molar-refractivity contribution in [3.05, 3.63) is 58.6 Å². The summed E-state index contributed by atoms with van der Waals surface area (Å²) in [6.45, 7) is 4.66. The van der Waals surface area contributed by atoms with E-state index in [9.17, 15) is 9.59 Å². The van der Waals surface area contributed by atoms with Crippen LogP contribution >= 0.6 is 0 Å². The van der Waals surface area contributed by atoms with Crippen LogP contribution in [0, 0.1) is 5.92 Å². The summed E-state index contributed by atoms with van der Waals surface area (Å²) in [5, 5.41) is 2.62. The number of nitrogens with zero attached hydrogens (tertiary/aromatic N) is 2. The Morgan fingerprint density at radius 3 is 2.55 bits per heavy atom. The van der Waals surface area contributed by atoms with Gasteiger partial charge in [-0.25, -0.2) is 4.79 Å². The molecule has 1 N–H and O–H groups in total. The van der Waals surface area contributed by atoms with Gasteiger partial charge in [-0.1, -0.05) is 32.0 Å². The van der Waals surface area contributed by atoms with Gasteiger partial charge >= 0.3 is 5.69 Å². The maximum Gasteiger partial charge on any atom is 0.349 e. The van der Waals surface area contributed by atoms with Crippen molar-refractivity contribution in [1.29, 1.82) is 0 Å². The second-order valence-electron chi connectivity index (χ2n) is 4.96. The largest absolute Gasteiger partial charge is 0.349 e. The zero-order valence-corrected chi connectivity index (χ0v) is 11.5.